The Hall–Kier alpha value is -2.27. The quantitative estimate of drug-likeness (QED) is 0.663. The van der Waals surface area contributed by atoms with Crippen molar-refractivity contribution >= 4 is 28.5 Å². The Morgan fingerprint density at radius 3 is 2.94 bits per heavy atom. The first-order valence-electron chi connectivity index (χ1n) is 5.20. The van der Waals surface area contributed by atoms with Gasteiger partial charge in [0.2, 0.25) is 0 Å². The average molecular weight is 262 g/mol. The molecule has 0 spiro atoms. The van der Waals surface area contributed by atoms with E-state index in [1.165, 1.54) is 6.20 Å². The third-order valence-corrected chi connectivity index (χ3v) is 2.96. The van der Waals surface area contributed by atoms with E-state index in [9.17, 15) is 4.79 Å². The summed E-state index contributed by atoms with van der Waals surface area (Å²) in [6, 6.07) is 7.27. The summed E-state index contributed by atoms with van der Waals surface area (Å²) in [4.78, 5) is 14.2. The standard InChI is InChI=1S/C12H8ClN3O2/c13-7-1-2-9-6(3-7)4-10(15-9)11-8(12(17)18)5-14-16-11/h1-5,15H,(H,14,16)(H,17,18). The molecular formula is C12H8ClN3O2. The van der Waals surface area contributed by atoms with Crippen LogP contribution in [0.25, 0.3) is 22.3 Å². The molecule has 3 aromatic rings. The van der Waals surface area contributed by atoms with Crippen molar-refractivity contribution < 1.29 is 9.90 Å². The number of fused-ring (bicyclic) bond motifs is 1. The van der Waals surface area contributed by atoms with Crippen molar-refractivity contribution in [2.45, 2.75) is 0 Å². The van der Waals surface area contributed by atoms with Crippen molar-refractivity contribution in [3.05, 3.63) is 41.0 Å². The summed E-state index contributed by atoms with van der Waals surface area (Å²) < 4.78 is 0. The van der Waals surface area contributed by atoms with E-state index in [2.05, 4.69) is 15.2 Å². The molecule has 90 valence electrons. The number of aromatic nitrogens is 3. The molecule has 3 N–H and O–H groups in total. The number of halogens is 1. The monoisotopic (exact) mass is 261 g/mol. The molecule has 0 radical (unpaired) electrons. The van der Waals surface area contributed by atoms with Crippen LogP contribution in [0.5, 0.6) is 0 Å². The van der Waals surface area contributed by atoms with Crippen LogP contribution < -0.4 is 0 Å². The summed E-state index contributed by atoms with van der Waals surface area (Å²) in [7, 11) is 0. The molecule has 0 aliphatic heterocycles. The van der Waals surface area contributed by atoms with Crippen molar-refractivity contribution in [3.8, 4) is 11.4 Å². The van der Waals surface area contributed by atoms with E-state index >= 15 is 0 Å². The van der Waals surface area contributed by atoms with Crippen LogP contribution in [0.1, 0.15) is 10.4 Å². The van der Waals surface area contributed by atoms with Gasteiger partial charge >= 0.3 is 5.97 Å². The molecule has 1 aromatic carbocycles. The zero-order valence-corrected chi connectivity index (χ0v) is 9.82. The number of nitrogens with zero attached hydrogens (tertiary/aromatic N) is 1. The zero-order valence-electron chi connectivity index (χ0n) is 9.07. The van der Waals surface area contributed by atoms with Crippen LogP contribution in [0.3, 0.4) is 0 Å². The van der Waals surface area contributed by atoms with Gasteiger partial charge in [0.15, 0.2) is 0 Å². The highest BCUT2D eigenvalue weighted by Gasteiger charge is 2.15. The first-order chi connectivity index (χ1) is 8.65. The lowest BCUT2D eigenvalue weighted by atomic mass is 10.2. The van der Waals surface area contributed by atoms with Gasteiger partial charge in [0.05, 0.1) is 17.6 Å². The maximum Gasteiger partial charge on any atom is 0.339 e. The summed E-state index contributed by atoms with van der Waals surface area (Å²) in [5.74, 6) is -1.02. The summed E-state index contributed by atoms with van der Waals surface area (Å²) in [5, 5.41) is 17.0. The Morgan fingerprint density at radius 1 is 1.33 bits per heavy atom. The van der Waals surface area contributed by atoms with Gasteiger partial charge in [0, 0.05) is 15.9 Å². The molecule has 18 heavy (non-hydrogen) atoms. The van der Waals surface area contributed by atoms with Gasteiger partial charge in [0.1, 0.15) is 5.56 Å². The zero-order chi connectivity index (χ0) is 12.7. The Bertz CT molecular complexity index is 745. The van der Waals surface area contributed by atoms with Crippen molar-refractivity contribution in [1.82, 2.24) is 15.2 Å². The van der Waals surface area contributed by atoms with Gasteiger partial charge in [-0.25, -0.2) is 4.79 Å². The highest BCUT2D eigenvalue weighted by molar-refractivity contribution is 6.31. The highest BCUT2D eigenvalue weighted by Crippen LogP contribution is 2.26. The number of carboxylic acid groups (broad SMARTS) is 1. The largest absolute Gasteiger partial charge is 0.478 e. The number of nitrogens with one attached hydrogen (secondary N) is 2. The molecule has 2 heterocycles. The molecule has 0 fully saturated rings. The Balaban J connectivity index is 2.19. The Morgan fingerprint density at radius 2 is 2.17 bits per heavy atom. The molecule has 0 aliphatic carbocycles. The smallest absolute Gasteiger partial charge is 0.339 e. The first kappa shape index (κ1) is 10.9. The minimum Gasteiger partial charge on any atom is -0.478 e. The van der Waals surface area contributed by atoms with E-state index in [4.69, 9.17) is 16.7 Å². The molecule has 2 aromatic heterocycles. The van der Waals surface area contributed by atoms with Gasteiger partial charge in [-0.2, -0.15) is 5.10 Å². The predicted octanol–water partition coefficient (Wildman–Crippen LogP) is 2.91. The van der Waals surface area contributed by atoms with Crippen LogP contribution in [0.4, 0.5) is 0 Å². The number of rotatable bonds is 2. The van der Waals surface area contributed by atoms with Crippen molar-refractivity contribution in [1.29, 1.82) is 0 Å². The molecule has 0 saturated carbocycles. The maximum absolute atomic E-state index is 11.0. The number of carboxylic acids is 1. The van der Waals surface area contributed by atoms with Crippen LogP contribution in [0.2, 0.25) is 5.02 Å². The summed E-state index contributed by atoms with van der Waals surface area (Å²) in [5.41, 5.74) is 2.14. The van der Waals surface area contributed by atoms with Gasteiger partial charge in [-0.1, -0.05) is 11.6 Å². The SMILES string of the molecule is O=C(O)c1cn[nH]c1-c1cc2cc(Cl)ccc2[nH]1. The fraction of sp³-hybridized carbons (Fsp3) is 0. The fourth-order valence-corrected chi connectivity index (χ4v) is 2.07. The maximum atomic E-state index is 11.0. The first-order valence-corrected chi connectivity index (χ1v) is 5.58. The second-order valence-electron chi connectivity index (χ2n) is 3.88. The summed E-state index contributed by atoms with van der Waals surface area (Å²) >= 11 is 5.91. The van der Waals surface area contributed by atoms with Gasteiger partial charge in [-0.3, -0.25) is 5.10 Å². The lowest BCUT2D eigenvalue weighted by Crippen LogP contribution is -1.96. The molecule has 3 rings (SSSR count). The Kier molecular flexibility index (Phi) is 2.34. The molecule has 0 saturated heterocycles. The number of benzene rings is 1. The summed E-state index contributed by atoms with van der Waals surface area (Å²) in [6.45, 7) is 0. The average Bonchev–Trinajstić information content (AvgIpc) is 2.93. The van der Waals surface area contributed by atoms with E-state index in [0.717, 1.165) is 10.9 Å². The van der Waals surface area contributed by atoms with Gasteiger partial charge in [0.25, 0.3) is 0 Å². The van der Waals surface area contributed by atoms with E-state index in [1.807, 2.05) is 18.2 Å². The molecule has 5 nitrogen and oxygen atoms in total. The summed E-state index contributed by atoms with van der Waals surface area (Å²) in [6.07, 6.45) is 1.29. The minimum atomic E-state index is -1.02. The van der Waals surface area contributed by atoms with E-state index < -0.39 is 5.97 Å². The van der Waals surface area contributed by atoms with E-state index in [1.54, 1.807) is 6.07 Å². The minimum absolute atomic E-state index is 0.132. The Labute approximate surface area is 106 Å². The predicted molar refractivity (Wildman–Crippen MR) is 67.8 cm³/mol. The topological polar surface area (TPSA) is 81.8 Å². The van der Waals surface area contributed by atoms with Crippen LogP contribution in [0, 0.1) is 0 Å². The third-order valence-electron chi connectivity index (χ3n) is 2.72. The van der Waals surface area contributed by atoms with Crippen LogP contribution >= 0.6 is 11.6 Å². The van der Waals surface area contributed by atoms with Crippen molar-refractivity contribution in [2.24, 2.45) is 0 Å². The van der Waals surface area contributed by atoms with Gasteiger partial charge in [-0.15, -0.1) is 0 Å². The molecular weight excluding hydrogens is 254 g/mol. The molecule has 0 atom stereocenters. The number of aromatic carboxylic acids is 1. The van der Waals surface area contributed by atoms with Crippen molar-refractivity contribution in [2.75, 3.05) is 0 Å². The van der Waals surface area contributed by atoms with Gasteiger partial charge < -0.3 is 10.1 Å². The number of hydrogen-bond acceptors (Lipinski definition) is 2. The number of hydrogen-bond donors (Lipinski definition) is 3. The third kappa shape index (κ3) is 1.65. The van der Waals surface area contributed by atoms with Gasteiger partial charge in [-0.05, 0) is 24.3 Å². The van der Waals surface area contributed by atoms with E-state index in [0.29, 0.717) is 16.4 Å². The number of H-pyrrole nitrogens is 2. The van der Waals surface area contributed by atoms with Crippen LogP contribution in [-0.4, -0.2) is 26.3 Å². The number of aromatic amines is 2. The molecule has 6 heteroatoms. The molecule has 0 aliphatic rings. The lowest BCUT2D eigenvalue weighted by Gasteiger charge is -1.94. The van der Waals surface area contributed by atoms with Crippen LogP contribution in [0.15, 0.2) is 30.5 Å². The fourth-order valence-electron chi connectivity index (χ4n) is 1.89. The molecule has 0 bridgehead atoms. The molecule has 0 amide bonds. The number of carbonyl (C=O) groups is 1. The second kappa shape index (κ2) is 3.89. The lowest BCUT2D eigenvalue weighted by molar-refractivity contribution is 0.0698. The molecule has 0 unspecified atom stereocenters. The van der Waals surface area contributed by atoms with Crippen molar-refractivity contribution in [3.63, 3.8) is 0 Å². The highest BCUT2D eigenvalue weighted by atomic mass is 35.5. The normalized spacial score (nSPS) is 10.9. The van der Waals surface area contributed by atoms with Crippen LogP contribution in [-0.2, 0) is 0 Å². The second-order valence-corrected chi connectivity index (χ2v) is 4.31. The van der Waals surface area contributed by atoms with E-state index in [-0.39, 0.29) is 5.56 Å².